The van der Waals surface area contributed by atoms with Crippen molar-refractivity contribution in [2.75, 3.05) is 33.2 Å². The lowest BCUT2D eigenvalue weighted by Crippen LogP contribution is -2.47. The molecule has 1 saturated heterocycles. The van der Waals surface area contributed by atoms with Crippen molar-refractivity contribution < 1.29 is 4.79 Å². The largest absolute Gasteiger partial charge is 0.335 e. The SMILES string of the molecule is C=CCn1nc(C(=O)N2CCN(C)CC2)c2c1CCC(NCc1ccc(Cl)s1)C2. The van der Waals surface area contributed by atoms with E-state index in [1.165, 1.54) is 10.6 Å². The van der Waals surface area contributed by atoms with E-state index in [2.05, 4.69) is 29.9 Å². The average Bonchev–Trinajstić information content (AvgIpc) is 3.30. The summed E-state index contributed by atoms with van der Waals surface area (Å²) in [4.78, 5) is 18.7. The molecule has 0 saturated carbocycles. The molecule has 2 aromatic heterocycles. The highest BCUT2D eigenvalue weighted by Crippen LogP contribution is 2.27. The number of carbonyl (C=O) groups excluding carboxylic acids is 1. The van der Waals surface area contributed by atoms with Crippen LogP contribution >= 0.6 is 22.9 Å². The molecule has 1 unspecified atom stereocenters. The van der Waals surface area contributed by atoms with Crippen LogP contribution in [0.1, 0.15) is 33.0 Å². The number of fused-ring (bicyclic) bond motifs is 1. The Morgan fingerprint density at radius 3 is 2.86 bits per heavy atom. The minimum absolute atomic E-state index is 0.0721. The molecule has 6 nitrogen and oxygen atoms in total. The first-order chi connectivity index (χ1) is 14.0. The predicted molar refractivity (Wildman–Crippen MR) is 118 cm³/mol. The predicted octanol–water partition coefficient (Wildman–Crippen LogP) is 2.82. The van der Waals surface area contributed by atoms with Gasteiger partial charge in [-0.2, -0.15) is 5.10 Å². The zero-order valence-electron chi connectivity index (χ0n) is 16.9. The summed E-state index contributed by atoms with van der Waals surface area (Å²) in [5.74, 6) is 0.0721. The maximum absolute atomic E-state index is 13.3. The molecule has 1 atom stereocenters. The van der Waals surface area contributed by atoms with Crippen LogP contribution in [-0.4, -0.2) is 64.8 Å². The summed E-state index contributed by atoms with van der Waals surface area (Å²) in [6, 6.07) is 4.34. The average molecular weight is 434 g/mol. The lowest BCUT2D eigenvalue weighted by molar-refractivity contribution is 0.0656. The van der Waals surface area contributed by atoms with Crippen molar-refractivity contribution in [2.24, 2.45) is 0 Å². The second-order valence-electron chi connectivity index (χ2n) is 7.87. The first-order valence-corrected chi connectivity index (χ1v) is 11.4. The van der Waals surface area contributed by atoms with Crippen molar-refractivity contribution in [1.82, 2.24) is 24.9 Å². The fraction of sp³-hybridized carbons (Fsp3) is 0.524. The summed E-state index contributed by atoms with van der Waals surface area (Å²) in [7, 11) is 2.10. The maximum Gasteiger partial charge on any atom is 0.274 e. The number of nitrogens with zero attached hydrogens (tertiary/aromatic N) is 4. The summed E-state index contributed by atoms with van der Waals surface area (Å²) in [5.41, 5.74) is 2.94. The fourth-order valence-electron chi connectivity index (χ4n) is 4.16. The topological polar surface area (TPSA) is 53.4 Å². The van der Waals surface area contributed by atoms with E-state index in [9.17, 15) is 4.79 Å². The lowest BCUT2D eigenvalue weighted by Gasteiger charge is -2.32. The molecule has 3 heterocycles. The van der Waals surface area contributed by atoms with Crippen LogP contribution in [0.4, 0.5) is 0 Å². The number of likely N-dealkylation sites (N-methyl/N-ethyl adjacent to an activating group) is 1. The highest BCUT2D eigenvalue weighted by molar-refractivity contribution is 7.16. The Hall–Kier alpha value is -1.67. The molecule has 1 aliphatic carbocycles. The first kappa shape index (κ1) is 20.6. The number of hydrogen-bond donors (Lipinski definition) is 1. The number of aromatic nitrogens is 2. The van der Waals surface area contributed by atoms with E-state index in [-0.39, 0.29) is 5.91 Å². The van der Waals surface area contributed by atoms with Crippen LogP contribution in [0.25, 0.3) is 0 Å². The fourth-order valence-corrected chi connectivity index (χ4v) is 5.20. The Morgan fingerprint density at radius 2 is 2.17 bits per heavy atom. The van der Waals surface area contributed by atoms with Gasteiger partial charge in [0.1, 0.15) is 0 Å². The Bertz CT molecular complexity index is 884. The summed E-state index contributed by atoms with van der Waals surface area (Å²) < 4.78 is 2.79. The standard InChI is InChI=1S/C21H28ClN5OS/c1-3-8-27-18-6-4-15(23-14-16-5-7-19(22)29-16)13-17(18)20(24-27)21(28)26-11-9-25(2)10-12-26/h3,5,7,15,23H,1,4,6,8-14H2,2H3. The zero-order valence-corrected chi connectivity index (χ0v) is 18.4. The molecule has 1 fully saturated rings. The van der Waals surface area contributed by atoms with Gasteiger partial charge < -0.3 is 15.1 Å². The number of hydrogen-bond acceptors (Lipinski definition) is 5. The third-order valence-electron chi connectivity index (χ3n) is 5.84. The smallest absolute Gasteiger partial charge is 0.274 e. The molecule has 1 amide bonds. The van der Waals surface area contributed by atoms with Gasteiger partial charge in [0, 0.05) is 54.9 Å². The molecule has 2 aromatic rings. The number of amides is 1. The summed E-state index contributed by atoms with van der Waals surface area (Å²) in [6.45, 7) is 8.65. The van der Waals surface area contributed by atoms with E-state index in [1.807, 2.05) is 21.7 Å². The van der Waals surface area contributed by atoms with E-state index in [4.69, 9.17) is 16.7 Å². The molecule has 156 valence electrons. The minimum Gasteiger partial charge on any atom is -0.335 e. The van der Waals surface area contributed by atoms with Crippen molar-refractivity contribution in [2.45, 2.75) is 38.4 Å². The quantitative estimate of drug-likeness (QED) is 0.712. The van der Waals surface area contributed by atoms with Crippen LogP contribution < -0.4 is 5.32 Å². The van der Waals surface area contributed by atoms with Crippen LogP contribution in [0.5, 0.6) is 0 Å². The van der Waals surface area contributed by atoms with E-state index in [0.717, 1.165) is 61.9 Å². The minimum atomic E-state index is 0.0721. The van der Waals surface area contributed by atoms with Gasteiger partial charge in [-0.05, 0) is 38.4 Å². The second-order valence-corrected chi connectivity index (χ2v) is 9.67. The zero-order chi connectivity index (χ0) is 20.4. The third-order valence-corrected chi connectivity index (χ3v) is 7.07. The van der Waals surface area contributed by atoms with Gasteiger partial charge in [-0.25, -0.2) is 0 Å². The monoisotopic (exact) mass is 433 g/mol. The van der Waals surface area contributed by atoms with Gasteiger partial charge in [0.05, 0.1) is 10.9 Å². The normalized spacial score (nSPS) is 19.9. The van der Waals surface area contributed by atoms with Gasteiger partial charge in [-0.1, -0.05) is 17.7 Å². The highest BCUT2D eigenvalue weighted by Gasteiger charge is 2.31. The van der Waals surface area contributed by atoms with Crippen molar-refractivity contribution in [3.05, 3.63) is 51.0 Å². The van der Waals surface area contributed by atoms with Crippen LogP contribution in [-0.2, 0) is 25.9 Å². The molecule has 0 spiro atoms. The molecule has 0 radical (unpaired) electrons. The van der Waals surface area contributed by atoms with Crippen molar-refractivity contribution >= 4 is 28.8 Å². The summed E-state index contributed by atoms with van der Waals surface area (Å²) in [5, 5.41) is 8.38. The summed E-state index contributed by atoms with van der Waals surface area (Å²) >= 11 is 7.66. The molecule has 2 aliphatic rings. The molecule has 1 aliphatic heterocycles. The number of halogens is 1. The van der Waals surface area contributed by atoms with Gasteiger partial charge in [0.15, 0.2) is 5.69 Å². The van der Waals surface area contributed by atoms with E-state index in [0.29, 0.717) is 18.3 Å². The lowest BCUT2D eigenvalue weighted by atomic mass is 9.91. The van der Waals surface area contributed by atoms with Gasteiger partial charge in [-0.15, -0.1) is 17.9 Å². The van der Waals surface area contributed by atoms with E-state index in [1.54, 1.807) is 11.3 Å². The Morgan fingerprint density at radius 1 is 1.38 bits per heavy atom. The summed E-state index contributed by atoms with van der Waals surface area (Å²) in [6.07, 6.45) is 4.65. The number of nitrogens with one attached hydrogen (secondary N) is 1. The maximum atomic E-state index is 13.3. The molecular weight excluding hydrogens is 406 g/mol. The second kappa shape index (κ2) is 9.00. The van der Waals surface area contributed by atoms with Crippen LogP contribution in [0.2, 0.25) is 4.34 Å². The van der Waals surface area contributed by atoms with Crippen molar-refractivity contribution in [1.29, 1.82) is 0 Å². The first-order valence-electron chi connectivity index (χ1n) is 10.2. The van der Waals surface area contributed by atoms with Gasteiger partial charge >= 0.3 is 0 Å². The Kier molecular flexibility index (Phi) is 6.39. The van der Waals surface area contributed by atoms with Gasteiger partial charge in [0.25, 0.3) is 5.91 Å². The number of rotatable bonds is 6. The molecule has 29 heavy (non-hydrogen) atoms. The number of allylic oxidation sites excluding steroid dienone is 1. The van der Waals surface area contributed by atoms with Crippen LogP contribution in [0.15, 0.2) is 24.8 Å². The van der Waals surface area contributed by atoms with Gasteiger partial charge in [0.2, 0.25) is 0 Å². The molecular formula is C21H28ClN5OS. The number of piperazine rings is 1. The third kappa shape index (κ3) is 4.58. The highest BCUT2D eigenvalue weighted by atomic mass is 35.5. The van der Waals surface area contributed by atoms with Crippen LogP contribution in [0.3, 0.4) is 0 Å². The molecule has 8 heteroatoms. The van der Waals surface area contributed by atoms with Crippen molar-refractivity contribution in [3.63, 3.8) is 0 Å². The van der Waals surface area contributed by atoms with Crippen LogP contribution in [0, 0.1) is 0 Å². The molecule has 0 bridgehead atoms. The molecule has 0 aromatic carbocycles. The Balaban J connectivity index is 1.51. The molecule has 1 N–H and O–H groups in total. The molecule has 4 rings (SSSR count). The number of thiophene rings is 1. The van der Waals surface area contributed by atoms with Gasteiger partial charge in [-0.3, -0.25) is 9.48 Å². The van der Waals surface area contributed by atoms with Crippen molar-refractivity contribution in [3.8, 4) is 0 Å². The Labute approximate surface area is 181 Å². The van der Waals surface area contributed by atoms with E-state index < -0.39 is 0 Å². The van der Waals surface area contributed by atoms with E-state index >= 15 is 0 Å². The number of carbonyl (C=O) groups is 1.